The van der Waals surface area contributed by atoms with Crippen molar-refractivity contribution in [3.8, 4) is 22.1 Å². The number of halogens is 3. The van der Waals surface area contributed by atoms with Gasteiger partial charge in [-0.05, 0) is 35.9 Å². The van der Waals surface area contributed by atoms with Crippen LogP contribution in [0.2, 0.25) is 0 Å². The number of hydroxylamine groups is 1. The fourth-order valence-corrected chi connectivity index (χ4v) is 5.96. The van der Waals surface area contributed by atoms with Crippen LogP contribution in [0, 0.1) is 11.6 Å². The zero-order valence-corrected chi connectivity index (χ0v) is 23.6. The molecule has 0 saturated carbocycles. The van der Waals surface area contributed by atoms with Crippen LogP contribution in [0.15, 0.2) is 64.2 Å². The number of nitrogens with one attached hydrogen (secondary N) is 2. The zero-order chi connectivity index (χ0) is 30.0. The minimum absolute atomic E-state index is 0.0839. The number of benzene rings is 2. The van der Waals surface area contributed by atoms with Gasteiger partial charge in [-0.25, -0.2) is 28.4 Å². The Hall–Kier alpha value is -4.66. The van der Waals surface area contributed by atoms with Crippen LogP contribution in [0.3, 0.4) is 0 Å². The third-order valence-electron chi connectivity index (χ3n) is 6.25. The molecule has 3 aromatic heterocycles. The molecule has 0 fully saturated rings. The van der Waals surface area contributed by atoms with Gasteiger partial charge in [-0.2, -0.15) is 0 Å². The number of carbonyl (C=O) groups excluding carboxylic acids is 1. The third-order valence-corrected chi connectivity index (χ3v) is 7.82. The summed E-state index contributed by atoms with van der Waals surface area (Å²) in [6, 6.07) is 12.2. The van der Waals surface area contributed by atoms with Gasteiger partial charge in [-0.15, -0.1) is 33.1 Å². The fraction of sp³-hybridized carbons (Fsp3) is 0.148. The van der Waals surface area contributed by atoms with Crippen molar-refractivity contribution < 1.29 is 23.1 Å². The van der Waals surface area contributed by atoms with Gasteiger partial charge in [0.2, 0.25) is 5.88 Å². The monoisotopic (exact) mass is 614 g/mol. The first-order valence-electron chi connectivity index (χ1n) is 12.2. The van der Waals surface area contributed by atoms with E-state index < -0.39 is 35.5 Å². The third kappa shape index (κ3) is 5.34. The summed E-state index contributed by atoms with van der Waals surface area (Å²) in [5.41, 5.74) is 1.64. The van der Waals surface area contributed by atoms with Crippen LogP contribution < -0.4 is 26.8 Å². The molecular formula is C27H21ClF2N6O5S. The molecular weight excluding hydrogens is 594 g/mol. The second kappa shape index (κ2) is 12.1. The molecule has 0 aliphatic carbocycles. The lowest BCUT2D eigenvalue weighted by Crippen LogP contribution is -2.39. The number of carbonyl (C=O) groups is 1. The topological polar surface area (TPSA) is 129 Å². The number of anilines is 1. The first-order valence-corrected chi connectivity index (χ1v) is 13.5. The van der Waals surface area contributed by atoms with Gasteiger partial charge in [0.15, 0.2) is 5.82 Å². The van der Waals surface area contributed by atoms with E-state index in [1.807, 2.05) is 0 Å². The molecule has 5 rings (SSSR count). The molecule has 3 heterocycles. The van der Waals surface area contributed by atoms with Crippen LogP contribution in [0.25, 0.3) is 26.5 Å². The summed E-state index contributed by atoms with van der Waals surface area (Å²) in [7, 11) is 2.68. The van der Waals surface area contributed by atoms with Gasteiger partial charge in [0.1, 0.15) is 16.5 Å². The Bertz CT molecular complexity index is 1890. The van der Waals surface area contributed by atoms with E-state index in [4.69, 9.17) is 16.3 Å². The first kappa shape index (κ1) is 28.9. The van der Waals surface area contributed by atoms with E-state index in [9.17, 15) is 23.2 Å². The molecule has 0 atom stereocenters. The molecule has 0 aliphatic rings. The van der Waals surface area contributed by atoms with Gasteiger partial charge in [0.25, 0.3) is 5.56 Å². The zero-order valence-electron chi connectivity index (χ0n) is 22.0. The summed E-state index contributed by atoms with van der Waals surface area (Å²) in [4.78, 5) is 44.8. The van der Waals surface area contributed by atoms with Crippen LogP contribution in [0.4, 0.5) is 19.3 Å². The minimum Gasteiger partial charge on any atom is -0.480 e. The van der Waals surface area contributed by atoms with Gasteiger partial charge >= 0.3 is 11.7 Å². The smallest absolute Gasteiger partial charge is 0.343 e. The Labute approximate surface area is 244 Å². The molecule has 0 bridgehead atoms. The molecule has 42 heavy (non-hydrogen) atoms. The maximum Gasteiger partial charge on any atom is 0.343 e. The van der Waals surface area contributed by atoms with Crippen molar-refractivity contribution in [3.05, 3.63) is 98.2 Å². The largest absolute Gasteiger partial charge is 0.480 e. The van der Waals surface area contributed by atoms with Crippen LogP contribution in [0.5, 0.6) is 5.88 Å². The summed E-state index contributed by atoms with van der Waals surface area (Å²) < 4.78 is 36.4. The molecule has 0 unspecified atom stereocenters. The van der Waals surface area contributed by atoms with E-state index in [0.717, 1.165) is 32.6 Å². The van der Waals surface area contributed by atoms with Gasteiger partial charge in [0.05, 0.1) is 26.2 Å². The SMILES string of the molecule is CONC(=O)Nc1ccc(-c2sc3c(c2CCl)c(=O)n(-c2ccc(OC)nn2)c(=O)n3Cc2c(F)cccc2F)cc1. The summed E-state index contributed by atoms with van der Waals surface area (Å²) in [6.45, 7) is -0.517. The average Bonchev–Trinajstić information content (AvgIpc) is 3.37. The van der Waals surface area contributed by atoms with Crippen LogP contribution in [-0.2, 0) is 17.3 Å². The second-order valence-corrected chi connectivity index (χ2v) is 9.97. The molecule has 216 valence electrons. The Morgan fingerprint density at radius 3 is 2.31 bits per heavy atom. The maximum atomic E-state index is 14.7. The average molecular weight is 615 g/mol. The van der Waals surface area contributed by atoms with Crippen molar-refractivity contribution >= 4 is 44.9 Å². The quantitative estimate of drug-likeness (QED) is 0.195. The van der Waals surface area contributed by atoms with E-state index in [1.165, 1.54) is 32.4 Å². The minimum atomic E-state index is -0.882. The highest BCUT2D eigenvalue weighted by molar-refractivity contribution is 7.22. The number of alkyl halides is 1. The van der Waals surface area contributed by atoms with Crippen molar-refractivity contribution in [2.45, 2.75) is 12.4 Å². The normalized spacial score (nSPS) is 11.1. The molecule has 15 heteroatoms. The fourth-order valence-electron chi connectivity index (χ4n) is 4.31. The number of ether oxygens (including phenoxy) is 1. The van der Waals surface area contributed by atoms with Gasteiger partial charge in [0, 0.05) is 33.6 Å². The van der Waals surface area contributed by atoms with Crippen molar-refractivity contribution in [3.63, 3.8) is 0 Å². The number of methoxy groups -OCH3 is 1. The highest BCUT2D eigenvalue weighted by atomic mass is 35.5. The number of hydrogen-bond donors (Lipinski definition) is 2. The number of hydrogen-bond acceptors (Lipinski definition) is 8. The lowest BCUT2D eigenvalue weighted by atomic mass is 10.1. The number of aromatic nitrogens is 4. The van der Waals surface area contributed by atoms with Gasteiger partial charge < -0.3 is 10.1 Å². The predicted molar refractivity (Wildman–Crippen MR) is 153 cm³/mol. The standard InChI is InChI=1S/C27H21ClF2N6O5S/c1-40-21-11-10-20(32-33-21)36-24(37)22-16(12-28)23(14-6-8-15(9-7-14)31-26(38)34-41-2)42-25(22)35(27(36)39)13-17-18(29)4-3-5-19(17)30/h3-11H,12-13H2,1-2H3,(H2,31,34,38). The van der Waals surface area contributed by atoms with E-state index in [0.29, 0.717) is 21.7 Å². The number of thiophene rings is 1. The van der Waals surface area contributed by atoms with E-state index in [1.54, 1.807) is 24.3 Å². The Morgan fingerprint density at radius 1 is 1.00 bits per heavy atom. The maximum absolute atomic E-state index is 14.7. The Kier molecular flexibility index (Phi) is 8.29. The number of urea groups is 1. The van der Waals surface area contributed by atoms with Crippen molar-refractivity contribution in [2.75, 3.05) is 19.5 Å². The molecule has 5 aromatic rings. The molecule has 2 aromatic carbocycles. The highest BCUT2D eigenvalue weighted by Crippen LogP contribution is 2.38. The molecule has 2 amide bonds. The lowest BCUT2D eigenvalue weighted by Gasteiger charge is -2.13. The second-order valence-electron chi connectivity index (χ2n) is 8.70. The van der Waals surface area contributed by atoms with Crippen LogP contribution in [-0.4, -0.2) is 39.6 Å². The van der Waals surface area contributed by atoms with E-state index in [-0.39, 0.29) is 33.4 Å². The molecule has 0 radical (unpaired) electrons. The summed E-state index contributed by atoms with van der Waals surface area (Å²) in [5, 5.41) is 10.5. The molecule has 0 spiro atoms. The number of amides is 2. The van der Waals surface area contributed by atoms with Crippen molar-refractivity contribution in [1.29, 1.82) is 0 Å². The van der Waals surface area contributed by atoms with Crippen molar-refractivity contribution in [1.82, 2.24) is 24.8 Å². The molecule has 11 nitrogen and oxygen atoms in total. The Morgan fingerprint density at radius 2 is 1.71 bits per heavy atom. The predicted octanol–water partition coefficient (Wildman–Crippen LogP) is 4.43. The number of fused-ring (bicyclic) bond motifs is 1. The first-order chi connectivity index (χ1) is 20.3. The van der Waals surface area contributed by atoms with E-state index in [2.05, 4.69) is 25.8 Å². The summed E-state index contributed by atoms with van der Waals surface area (Å²) >= 11 is 7.45. The highest BCUT2D eigenvalue weighted by Gasteiger charge is 2.25. The van der Waals surface area contributed by atoms with E-state index >= 15 is 0 Å². The molecule has 2 N–H and O–H groups in total. The number of nitrogens with zero attached hydrogens (tertiary/aromatic N) is 4. The lowest BCUT2D eigenvalue weighted by molar-refractivity contribution is 0.114. The molecule has 0 aliphatic heterocycles. The molecule has 0 saturated heterocycles. The number of rotatable bonds is 8. The van der Waals surface area contributed by atoms with Crippen LogP contribution >= 0.6 is 22.9 Å². The van der Waals surface area contributed by atoms with Gasteiger partial charge in [-0.1, -0.05) is 18.2 Å². The summed E-state index contributed by atoms with van der Waals surface area (Å²) in [5.74, 6) is -1.80. The van der Waals surface area contributed by atoms with Crippen molar-refractivity contribution in [2.24, 2.45) is 0 Å². The van der Waals surface area contributed by atoms with Crippen LogP contribution in [0.1, 0.15) is 11.1 Å². The Balaban J connectivity index is 1.75. The summed E-state index contributed by atoms with van der Waals surface area (Å²) in [6.07, 6.45) is 0. The van der Waals surface area contributed by atoms with Gasteiger partial charge in [-0.3, -0.25) is 14.2 Å².